The van der Waals surface area contributed by atoms with Gasteiger partial charge in [0.15, 0.2) is 3.95 Å². The maximum absolute atomic E-state index is 13.5. The Morgan fingerprint density at radius 3 is 2.43 bits per heavy atom. The van der Waals surface area contributed by atoms with Crippen molar-refractivity contribution in [2.24, 2.45) is 5.92 Å². The number of rotatable bonds is 2. The highest BCUT2D eigenvalue weighted by Gasteiger charge is 2.56. The van der Waals surface area contributed by atoms with Crippen molar-refractivity contribution in [3.8, 4) is 0 Å². The first-order valence-electron chi connectivity index (χ1n) is 8.62. The zero-order chi connectivity index (χ0) is 19.4. The molecule has 2 aliphatic heterocycles. The van der Waals surface area contributed by atoms with Crippen molar-refractivity contribution >= 4 is 64.4 Å². The summed E-state index contributed by atoms with van der Waals surface area (Å²) in [4.78, 5) is 32.2. The monoisotopic (exact) mass is 444 g/mol. The maximum Gasteiger partial charge on any atom is 0.248 e. The fourth-order valence-corrected chi connectivity index (χ4v) is 6.96. The van der Waals surface area contributed by atoms with E-state index in [9.17, 15) is 9.59 Å². The highest BCUT2D eigenvalue weighted by Crippen LogP contribution is 2.53. The maximum atomic E-state index is 13.5. The normalized spacial score (nSPS) is 23.6. The van der Waals surface area contributed by atoms with Crippen LogP contribution in [0, 0.1) is 9.87 Å². The molecule has 1 N–H and O–H groups in total. The minimum atomic E-state index is -0.485. The molecule has 0 radical (unpaired) electrons. The van der Waals surface area contributed by atoms with E-state index >= 15 is 0 Å². The Hall–Kier alpha value is -1.93. The summed E-state index contributed by atoms with van der Waals surface area (Å²) in [7, 11) is 0. The van der Waals surface area contributed by atoms with Crippen LogP contribution in [0.1, 0.15) is 16.4 Å². The lowest BCUT2D eigenvalue weighted by molar-refractivity contribution is -0.122. The second-order valence-corrected chi connectivity index (χ2v) is 9.96. The smallest absolute Gasteiger partial charge is 0.248 e. The van der Waals surface area contributed by atoms with E-state index < -0.39 is 11.2 Å². The Morgan fingerprint density at radius 2 is 1.71 bits per heavy atom. The molecule has 28 heavy (non-hydrogen) atoms. The van der Waals surface area contributed by atoms with Crippen LogP contribution in [0.25, 0.3) is 0 Å². The standard InChI is InChI=1S/C20H13ClN2O2S3/c21-11-8-6-10(7-9-11)13-14-16(27-17-15(13)28-20(26)22-17)19(25)23(18(14)24)12-4-2-1-3-5-12/h1-9,13-14,16H,(H,22,26)/t13-,14+,16-/m0/s1. The summed E-state index contributed by atoms with van der Waals surface area (Å²) in [6.45, 7) is 0. The third-order valence-electron chi connectivity index (χ3n) is 5.07. The summed E-state index contributed by atoms with van der Waals surface area (Å²) >= 11 is 14.3. The molecule has 0 unspecified atom stereocenters. The number of carbonyl (C=O) groups excluding carboxylic acids is 2. The highest BCUT2D eigenvalue weighted by molar-refractivity contribution is 8.01. The number of nitrogens with one attached hydrogen (secondary N) is 1. The molecule has 3 heterocycles. The first kappa shape index (κ1) is 18.1. The Labute approximate surface area is 179 Å². The zero-order valence-electron chi connectivity index (χ0n) is 14.3. The largest absolute Gasteiger partial charge is 0.332 e. The van der Waals surface area contributed by atoms with Crippen LogP contribution in [0.2, 0.25) is 5.02 Å². The molecular formula is C20H13ClN2O2S3. The topological polar surface area (TPSA) is 53.2 Å². The van der Waals surface area contributed by atoms with Crippen LogP contribution in [0.5, 0.6) is 0 Å². The minimum Gasteiger partial charge on any atom is -0.332 e. The molecule has 2 aliphatic rings. The molecule has 0 spiro atoms. The van der Waals surface area contributed by atoms with Gasteiger partial charge in [0.25, 0.3) is 0 Å². The number of nitrogens with zero attached hydrogens (tertiary/aromatic N) is 1. The van der Waals surface area contributed by atoms with Gasteiger partial charge >= 0.3 is 0 Å². The van der Waals surface area contributed by atoms with Crippen molar-refractivity contribution in [2.75, 3.05) is 4.90 Å². The van der Waals surface area contributed by atoms with Gasteiger partial charge in [-0.25, -0.2) is 4.90 Å². The molecule has 5 rings (SSSR count). The number of aromatic nitrogens is 1. The minimum absolute atomic E-state index is 0.168. The second-order valence-electron chi connectivity index (χ2n) is 6.65. The molecule has 2 aromatic carbocycles. The second kappa shape index (κ2) is 6.84. The predicted octanol–water partition coefficient (Wildman–Crippen LogP) is 5.25. The number of para-hydroxylation sites is 1. The van der Waals surface area contributed by atoms with Crippen molar-refractivity contribution in [2.45, 2.75) is 16.2 Å². The molecule has 1 saturated heterocycles. The van der Waals surface area contributed by atoms with Crippen molar-refractivity contribution in [3.63, 3.8) is 0 Å². The summed E-state index contributed by atoms with van der Waals surface area (Å²) in [5.41, 5.74) is 1.57. The quantitative estimate of drug-likeness (QED) is 0.433. The van der Waals surface area contributed by atoms with E-state index in [2.05, 4.69) is 4.98 Å². The molecule has 2 amide bonds. The number of anilines is 1. The molecule has 3 aromatic rings. The molecule has 0 saturated carbocycles. The fraction of sp³-hybridized carbons (Fsp3) is 0.150. The number of halogens is 1. The Balaban J connectivity index is 1.66. The van der Waals surface area contributed by atoms with E-state index in [0.29, 0.717) is 14.7 Å². The predicted molar refractivity (Wildman–Crippen MR) is 115 cm³/mol. The molecule has 1 fully saturated rings. The number of thiazole rings is 1. The summed E-state index contributed by atoms with van der Waals surface area (Å²) in [6.07, 6.45) is 0. The molecule has 140 valence electrons. The third kappa shape index (κ3) is 2.76. The number of thioether (sulfide) groups is 1. The first-order chi connectivity index (χ1) is 13.5. The summed E-state index contributed by atoms with van der Waals surface area (Å²) in [6, 6.07) is 16.6. The Bertz CT molecular complexity index is 1140. The average Bonchev–Trinajstić information content (AvgIpc) is 3.18. The lowest BCUT2D eigenvalue weighted by Gasteiger charge is -2.29. The van der Waals surface area contributed by atoms with Crippen molar-refractivity contribution in [1.29, 1.82) is 0 Å². The van der Waals surface area contributed by atoms with Gasteiger partial charge in [-0.1, -0.05) is 53.7 Å². The number of carbonyl (C=O) groups is 2. The lowest BCUT2D eigenvalue weighted by Crippen LogP contribution is -2.32. The van der Waals surface area contributed by atoms with Gasteiger partial charge in [0, 0.05) is 15.8 Å². The van der Waals surface area contributed by atoms with Crippen LogP contribution in [0.15, 0.2) is 59.6 Å². The molecule has 0 aliphatic carbocycles. The van der Waals surface area contributed by atoms with E-state index in [1.807, 2.05) is 42.5 Å². The first-order valence-corrected chi connectivity index (χ1v) is 11.1. The van der Waals surface area contributed by atoms with Gasteiger partial charge < -0.3 is 4.98 Å². The van der Waals surface area contributed by atoms with Crippen LogP contribution >= 0.6 is 46.9 Å². The van der Waals surface area contributed by atoms with Gasteiger partial charge in [-0.15, -0.1) is 11.3 Å². The van der Waals surface area contributed by atoms with E-state index in [0.717, 1.165) is 15.5 Å². The van der Waals surface area contributed by atoms with Gasteiger partial charge in [-0.2, -0.15) is 0 Å². The Morgan fingerprint density at radius 1 is 1.00 bits per heavy atom. The van der Waals surface area contributed by atoms with Crippen LogP contribution in [-0.4, -0.2) is 22.0 Å². The van der Waals surface area contributed by atoms with E-state index in [1.165, 1.54) is 28.0 Å². The summed E-state index contributed by atoms with van der Waals surface area (Å²) in [5, 5.41) is 1.03. The number of H-pyrrole nitrogens is 1. The van der Waals surface area contributed by atoms with Crippen molar-refractivity contribution in [3.05, 3.63) is 74.0 Å². The zero-order valence-corrected chi connectivity index (χ0v) is 17.5. The molecule has 8 heteroatoms. The van der Waals surface area contributed by atoms with Crippen LogP contribution in [0.4, 0.5) is 5.69 Å². The van der Waals surface area contributed by atoms with Gasteiger partial charge in [0.05, 0.1) is 16.6 Å². The number of benzene rings is 2. The number of imide groups is 1. The average molecular weight is 445 g/mol. The highest BCUT2D eigenvalue weighted by atomic mass is 35.5. The summed E-state index contributed by atoms with van der Waals surface area (Å²) < 4.78 is 0.649. The molecule has 3 atom stereocenters. The number of hydrogen-bond donors (Lipinski definition) is 1. The van der Waals surface area contributed by atoms with Crippen molar-refractivity contribution in [1.82, 2.24) is 4.98 Å². The molecule has 0 bridgehead atoms. The number of aromatic amines is 1. The number of hydrogen-bond acceptors (Lipinski definition) is 5. The van der Waals surface area contributed by atoms with Crippen LogP contribution in [0.3, 0.4) is 0 Å². The number of amides is 2. The van der Waals surface area contributed by atoms with E-state index in [-0.39, 0.29) is 17.7 Å². The molecular weight excluding hydrogens is 432 g/mol. The van der Waals surface area contributed by atoms with E-state index in [4.69, 9.17) is 23.8 Å². The van der Waals surface area contributed by atoms with Crippen LogP contribution in [-0.2, 0) is 9.59 Å². The summed E-state index contributed by atoms with van der Waals surface area (Å²) in [5.74, 6) is -1.06. The fourth-order valence-electron chi connectivity index (χ4n) is 3.88. The SMILES string of the molecule is O=C1[C@@H]2[C@H](c3ccc(Cl)cc3)c3sc(=S)[nH]c3S[C@@H]2C(=O)N1c1ccccc1. The third-order valence-corrected chi connectivity index (χ3v) is 8.07. The molecule has 4 nitrogen and oxygen atoms in total. The lowest BCUT2D eigenvalue weighted by atomic mass is 9.83. The van der Waals surface area contributed by atoms with Crippen molar-refractivity contribution < 1.29 is 9.59 Å². The van der Waals surface area contributed by atoms with Gasteiger partial charge in [-0.05, 0) is 42.0 Å². The number of fused-ring (bicyclic) bond motifs is 2. The van der Waals surface area contributed by atoms with E-state index in [1.54, 1.807) is 12.1 Å². The van der Waals surface area contributed by atoms with Crippen LogP contribution < -0.4 is 4.90 Å². The van der Waals surface area contributed by atoms with Gasteiger partial charge in [0.1, 0.15) is 5.25 Å². The van der Waals surface area contributed by atoms with Gasteiger partial charge in [-0.3, -0.25) is 9.59 Å². The van der Waals surface area contributed by atoms with Gasteiger partial charge in [0.2, 0.25) is 11.8 Å². The molecule has 1 aromatic heterocycles. The Kier molecular flexibility index (Phi) is 4.43.